The first-order chi connectivity index (χ1) is 13.5. The summed E-state index contributed by atoms with van der Waals surface area (Å²) >= 11 is 0. The fourth-order valence-electron chi connectivity index (χ4n) is 3.46. The van der Waals surface area contributed by atoms with Crippen LogP contribution in [0.3, 0.4) is 0 Å². The van der Waals surface area contributed by atoms with Crippen LogP contribution in [-0.2, 0) is 16.0 Å². The van der Waals surface area contributed by atoms with Gasteiger partial charge in [0.25, 0.3) is 5.95 Å². The molecular weight excluding hydrogens is 362 g/mol. The first-order valence-electron chi connectivity index (χ1n) is 10.00. The summed E-state index contributed by atoms with van der Waals surface area (Å²) < 4.78 is 10.4. The van der Waals surface area contributed by atoms with Gasteiger partial charge in [0.1, 0.15) is 5.76 Å². The zero-order valence-electron chi connectivity index (χ0n) is 16.5. The Morgan fingerprint density at radius 1 is 1.36 bits per heavy atom. The van der Waals surface area contributed by atoms with Gasteiger partial charge in [0.15, 0.2) is 0 Å². The number of nitrogens with zero attached hydrogens (tertiary/aromatic N) is 1. The van der Waals surface area contributed by atoms with Gasteiger partial charge in [-0.15, -0.1) is 0 Å². The van der Waals surface area contributed by atoms with E-state index in [4.69, 9.17) is 14.3 Å². The van der Waals surface area contributed by atoms with Gasteiger partial charge in [-0.3, -0.25) is 9.59 Å². The molecule has 7 heteroatoms. The summed E-state index contributed by atoms with van der Waals surface area (Å²) in [5.74, 6) is 0.449. The number of aliphatic hydroxyl groups excluding tert-OH is 1. The number of hydrogen-bond donors (Lipinski definition) is 2. The van der Waals surface area contributed by atoms with E-state index >= 15 is 0 Å². The number of unbranched alkanes of at least 4 members (excludes halogenated alkanes) is 3. The summed E-state index contributed by atoms with van der Waals surface area (Å²) in [6.07, 6.45) is 9.15. The molecule has 0 bridgehead atoms. The number of amides is 1. The fourth-order valence-corrected chi connectivity index (χ4v) is 3.46. The number of ether oxygens (including phenoxy) is 1. The number of carboxylic acids is 1. The topological polar surface area (TPSA) is 100 Å². The van der Waals surface area contributed by atoms with Crippen molar-refractivity contribution in [3.63, 3.8) is 0 Å². The second-order valence-electron chi connectivity index (χ2n) is 7.19. The highest BCUT2D eigenvalue weighted by Crippen LogP contribution is 2.21. The molecule has 2 heterocycles. The van der Waals surface area contributed by atoms with Gasteiger partial charge < -0.3 is 24.3 Å². The number of hydrogen-bond acceptors (Lipinski definition) is 5. The molecule has 1 amide bonds. The van der Waals surface area contributed by atoms with Crippen molar-refractivity contribution < 1.29 is 29.0 Å². The molecule has 1 aliphatic heterocycles. The monoisotopic (exact) mass is 393 g/mol. The van der Waals surface area contributed by atoms with Gasteiger partial charge >= 0.3 is 5.97 Å². The maximum Gasteiger partial charge on any atom is 0.303 e. The van der Waals surface area contributed by atoms with Gasteiger partial charge in [-0.1, -0.05) is 25.0 Å². The van der Waals surface area contributed by atoms with Crippen LogP contribution in [0.15, 0.2) is 28.7 Å². The second-order valence-corrected chi connectivity index (χ2v) is 7.19. The number of aliphatic carboxylic acids is 1. The normalized spacial score (nSPS) is 18.6. The van der Waals surface area contributed by atoms with Crippen LogP contribution in [0.2, 0.25) is 0 Å². The van der Waals surface area contributed by atoms with Gasteiger partial charge in [-0.05, 0) is 31.7 Å². The van der Waals surface area contributed by atoms with Crippen molar-refractivity contribution in [1.29, 1.82) is 0 Å². The highest BCUT2D eigenvalue weighted by Gasteiger charge is 2.25. The Labute approximate surface area is 166 Å². The molecule has 2 atom stereocenters. The van der Waals surface area contributed by atoms with Crippen molar-refractivity contribution >= 4 is 11.9 Å². The minimum absolute atomic E-state index is 0.000978. The van der Waals surface area contributed by atoms with Gasteiger partial charge in [0.2, 0.25) is 5.91 Å². The summed E-state index contributed by atoms with van der Waals surface area (Å²) in [6, 6.07) is 3.49. The number of piperidine rings is 1. The van der Waals surface area contributed by atoms with Crippen molar-refractivity contribution in [2.24, 2.45) is 0 Å². The van der Waals surface area contributed by atoms with Crippen molar-refractivity contribution in [3.05, 3.63) is 30.0 Å². The number of likely N-dealkylation sites (tertiary alicyclic amines) is 1. The maximum atomic E-state index is 12.3. The number of methoxy groups -OCH3 is 1. The van der Waals surface area contributed by atoms with Crippen molar-refractivity contribution in [2.75, 3.05) is 13.7 Å². The minimum Gasteiger partial charge on any atom is -0.481 e. The molecule has 2 rings (SSSR count). The van der Waals surface area contributed by atoms with Crippen LogP contribution in [0.1, 0.15) is 57.1 Å². The predicted molar refractivity (Wildman–Crippen MR) is 104 cm³/mol. The molecule has 1 fully saturated rings. The lowest BCUT2D eigenvalue weighted by atomic mass is 9.99. The standard InChI is InChI=1S/C21H31NO6/c1-27-21-13-12-18(28-21)15-17(23)11-10-16-7-6-8-19(24)22(16)14-5-3-2-4-9-20(25)26/h10-13,16-17,23H,2-9,14-15H2,1H3,(H,25,26)/t16-,17?/m1/s1. The molecule has 2 N–H and O–H groups in total. The highest BCUT2D eigenvalue weighted by molar-refractivity contribution is 5.77. The number of carboxylic acid groups (broad SMARTS) is 1. The lowest BCUT2D eigenvalue weighted by molar-refractivity contribution is -0.137. The maximum absolute atomic E-state index is 12.3. The molecule has 0 saturated carbocycles. The lowest BCUT2D eigenvalue weighted by Crippen LogP contribution is -2.43. The quantitative estimate of drug-likeness (QED) is 0.418. The number of aliphatic hydroxyl groups is 1. The molecular formula is C21H31NO6. The first-order valence-corrected chi connectivity index (χ1v) is 10.00. The molecule has 0 aromatic carbocycles. The molecule has 1 aromatic heterocycles. The van der Waals surface area contributed by atoms with Gasteiger partial charge in [-0.2, -0.15) is 0 Å². The second kappa shape index (κ2) is 11.5. The Balaban J connectivity index is 1.80. The number of carbonyl (C=O) groups excluding carboxylic acids is 1. The zero-order chi connectivity index (χ0) is 20.4. The lowest BCUT2D eigenvalue weighted by Gasteiger charge is -2.34. The fraction of sp³-hybridized carbons (Fsp3) is 0.619. The van der Waals surface area contributed by atoms with Crippen LogP contribution >= 0.6 is 0 Å². The number of furan rings is 1. The van der Waals surface area contributed by atoms with Crippen LogP contribution in [0.25, 0.3) is 0 Å². The average Bonchev–Trinajstić information content (AvgIpc) is 3.11. The van der Waals surface area contributed by atoms with Crippen LogP contribution < -0.4 is 4.74 Å². The average molecular weight is 393 g/mol. The van der Waals surface area contributed by atoms with E-state index in [0.717, 1.165) is 32.1 Å². The van der Waals surface area contributed by atoms with Crippen molar-refractivity contribution in [1.82, 2.24) is 4.90 Å². The van der Waals surface area contributed by atoms with Crippen molar-refractivity contribution in [3.8, 4) is 5.95 Å². The minimum atomic E-state index is -0.761. The number of rotatable bonds is 12. The predicted octanol–water partition coefficient (Wildman–Crippen LogP) is 3.16. The van der Waals surface area contributed by atoms with Gasteiger partial charge in [0.05, 0.1) is 19.3 Å². The van der Waals surface area contributed by atoms with Crippen LogP contribution in [-0.4, -0.2) is 52.8 Å². The molecule has 0 aliphatic carbocycles. The Kier molecular flexibility index (Phi) is 9.07. The summed E-state index contributed by atoms with van der Waals surface area (Å²) in [6.45, 7) is 0.673. The van der Waals surface area contributed by atoms with E-state index in [1.165, 1.54) is 7.11 Å². The van der Waals surface area contributed by atoms with Crippen LogP contribution in [0.5, 0.6) is 5.95 Å². The van der Waals surface area contributed by atoms with E-state index < -0.39 is 12.1 Å². The largest absolute Gasteiger partial charge is 0.481 e. The van der Waals surface area contributed by atoms with E-state index in [9.17, 15) is 14.7 Å². The third-order valence-corrected chi connectivity index (χ3v) is 4.95. The Morgan fingerprint density at radius 2 is 2.14 bits per heavy atom. The summed E-state index contributed by atoms with van der Waals surface area (Å²) in [4.78, 5) is 24.7. The Hall–Kier alpha value is -2.28. The molecule has 1 aliphatic rings. The zero-order valence-corrected chi connectivity index (χ0v) is 16.5. The molecule has 0 spiro atoms. The molecule has 156 valence electrons. The van der Waals surface area contributed by atoms with Crippen molar-refractivity contribution in [2.45, 2.75) is 69.9 Å². The number of carbonyl (C=O) groups is 2. The Morgan fingerprint density at radius 3 is 2.86 bits per heavy atom. The third-order valence-electron chi connectivity index (χ3n) is 4.95. The first kappa shape index (κ1) is 22.0. The molecule has 1 unspecified atom stereocenters. The van der Waals surface area contributed by atoms with Crippen LogP contribution in [0.4, 0.5) is 0 Å². The SMILES string of the molecule is COc1ccc(CC(O)C=C[C@H]2CCCC(=O)N2CCCCCCC(=O)O)o1. The summed E-state index contributed by atoms with van der Waals surface area (Å²) in [7, 11) is 1.53. The van der Waals surface area contributed by atoms with E-state index in [2.05, 4.69) is 0 Å². The van der Waals surface area contributed by atoms with E-state index in [0.29, 0.717) is 37.5 Å². The Bertz CT molecular complexity index is 653. The van der Waals surface area contributed by atoms with E-state index in [-0.39, 0.29) is 18.4 Å². The van der Waals surface area contributed by atoms with Crippen LogP contribution in [0, 0.1) is 0 Å². The highest BCUT2D eigenvalue weighted by atomic mass is 16.6. The van der Waals surface area contributed by atoms with E-state index in [1.54, 1.807) is 18.2 Å². The van der Waals surface area contributed by atoms with E-state index in [1.807, 2.05) is 11.0 Å². The van der Waals surface area contributed by atoms with Gasteiger partial charge in [-0.25, -0.2) is 0 Å². The smallest absolute Gasteiger partial charge is 0.303 e. The molecule has 0 radical (unpaired) electrons. The summed E-state index contributed by atoms with van der Waals surface area (Å²) in [5.41, 5.74) is 0. The molecule has 1 aromatic rings. The molecule has 7 nitrogen and oxygen atoms in total. The van der Waals surface area contributed by atoms with Gasteiger partial charge in [0, 0.05) is 31.9 Å². The third kappa shape index (κ3) is 7.38. The molecule has 1 saturated heterocycles. The molecule has 28 heavy (non-hydrogen) atoms. The summed E-state index contributed by atoms with van der Waals surface area (Å²) in [5, 5.41) is 18.9.